The van der Waals surface area contributed by atoms with Crippen molar-refractivity contribution in [2.45, 2.75) is 31.7 Å². The van der Waals surface area contributed by atoms with Crippen molar-refractivity contribution in [1.29, 1.82) is 0 Å². The fourth-order valence-electron chi connectivity index (χ4n) is 4.39. The summed E-state index contributed by atoms with van der Waals surface area (Å²) in [6, 6.07) is 7.68. The van der Waals surface area contributed by atoms with Gasteiger partial charge in [-0.1, -0.05) is 23.2 Å². The molecule has 2 aromatic rings. The Balaban J connectivity index is 1.41. The normalized spacial score (nSPS) is 20.5. The first-order valence-corrected chi connectivity index (χ1v) is 11.7. The number of nitrogens with one attached hydrogen (secondary N) is 1. The molecule has 0 saturated carbocycles. The summed E-state index contributed by atoms with van der Waals surface area (Å²) < 4.78 is 0. The Bertz CT molecular complexity index is 1060. The number of aromatic nitrogens is 1. The molecule has 0 spiro atoms. The molecule has 0 aliphatic carbocycles. The highest BCUT2D eigenvalue weighted by atomic mass is 35.5. The minimum Gasteiger partial charge on any atom is -0.369 e. The molecule has 3 heterocycles. The van der Waals surface area contributed by atoms with Gasteiger partial charge in [0.15, 0.2) is 0 Å². The van der Waals surface area contributed by atoms with E-state index in [1.807, 2.05) is 11.0 Å². The lowest BCUT2D eigenvalue weighted by Gasteiger charge is -2.32. The van der Waals surface area contributed by atoms with Crippen LogP contribution in [0.5, 0.6) is 0 Å². The van der Waals surface area contributed by atoms with Crippen molar-refractivity contribution in [3.8, 4) is 0 Å². The van der Waals surface area contributed by atoms with Gasteiger partial charge in [-0.25, -0.2) is 4.98 Å². The first-order valence-electron chi connectivity index (χ1n) is 10.9. The van der Waals surface area contributed by atoms with Crippen molar-refractivity contribution in [3.05, 3.63) is 52.1 Å². The van der Waals surface area contributed by atoms with Crippen LogP contribution in [-0.4, -0.2) is 53.3 Å². The van der Waals surface area contributed by atoms with Crippen LogP contribution in [0.1, 0.15) is 36.0 Å². The molecule has 33 heavy (non-hydrogen) atoms. The highest BCUT2D eigenvalue weighted by molar-refractivity contribution is 6.35. The van der Waals surface area contributed by atoms with Crippen LogP contribution in [0.15, 0.2) is 36.5 Å². The molecule has 2 fully saturated rings. The Kier molecular flexibility index (Phi) is 7.05. The van der Waals surface area contributed by atoms with E-state index < -0.39 is 6.04 Å². The Morgan fingerprint density at radius 1 is 1.06 bits per heavy atom. The second-order valence-corrected chi connectivity index (χ2v) is 9.21. The van der Waals surface area contributed by atoms with Crippen LogP contribution >= 0.6 is 23.2 Å². The summed E-state index contributed by atoms with van der Waals surface area (Å²) in [7, 11) is 0. The number of benzene rings is 1. The van der Waals surface area contributed by atoms with Crippen LogP contribution < -0.4 is 16.0 Å². The van der Waals surface area contributed by atoms with E-state index in [4.69, 9.17) is 28.9 Å². The van der Waals surface area contributed by atoms with Gasteiger partial charge in [0.2, 0.25) is 11.8 Å². The van der Waals surface area contributed by atoms with E-state index in [0.29, 0.717) is 35.2 Å². The average molecular weight is 490 g/mol. The predicted octanol–water partition coefficient (Wildman–Crippen LogP) is 3.33. The lowest BCUT2D eigenvalue weighted by molar-refractivity contribution is -0.122. The van der Waals surface area contributed by atoms with Gasteiger partial charge in [0.05, 0.1) is 28.4 Å². The molecule has 3 N–H and O–H groups in total. The van der Waals surface area contributed by atoms with Crippen molar-refractivity contribution in [2.24, 2.45) is 11.7 Å². The first kappa shape index (κ1) is 23.3. The Hall–Kier alpha value is -2.84. The zero-order valence-electron chi connectivity index (χ0n) is 18.0. The van der Waals surface area contributed by atoms with E-state index in [2.05, 4.69) is 10.3 Å². The Labute approximate surface area is 202 Å². The van der Waals surface area contributed by atoms with E-state index >= 15 is 0 Å². The maximum atomic E-state index is 13.0. The van der Waals surface area contributed by atoms with Gasteiger partial charge in [0, 0.05) is 24.7 Å². The topological polar surface area (TPSA) is 109 Å². The highest BCUT2D eigenvalue weighted by Gasteiger charge is 2.35. The summed E-state index contributed by atoms with van der Waals surface area (Å²) in [6.07, 6.45) is 4.52. The van der Waals surface area contributed by atoms with Crippen LogP contribution in [-0.2, 0) is 9.59 Å². The molecule has 2 aliphatic rings. The minimum atomic E-state index is -0.606. The molecule has 2 saturated heterocycles. The molecule has 2 aliphatic heterocycles. The number of primary amides is 1. The molecular weight excluding hydrogens is 465 g/mol. The number of carbonyl (C=O) groups excluding carboxylic acids is 3. The largest absolute Gasteiger partial charge is 0.369 e. The number of nitrogens with zero attached hydrogens (tertiary/aromatic N) is 3. The summed E-state index contributed by atoms with van der Waals surface area (Å²) in [4.78, 5) is 45.5. The van der Waals surface area contributed by atoms with Gasteiger partial charge in [0.1, 0.15) is 11.9 Å². The zero-order valence-corrected chi connectivity index (χ0v) is 19.5. The standard InChI is InChI=1S/C23H25Cl2N5O3/c24-15-5-7-18(25)17(11-15)23(33)30-10-2-4-19(30)22(32)28-16-6-8-20(27-12-16)29-9-1-3-14(13-29)21(26)31/h5-8,11-12,14,19H,1-4,9-10,13H2,(H2,26,31)(H,28,32). The van der Waals surface area contributed by atoms with E-state index in [9.17, 15) is 14.4 Å². The number of nitrogens with two attached hydrogens (primary N) is 1. The Morgan fingerprint density at radius 3 is 2.58 bits per heavy atom. The summed E-state index contributed by atoms with van der Waals surface area (Å²) in [5.74, 6) is -0.340. The number of hydrogen-bond donors (Lipinski definition) is 2. The fraction of sp³-hybridized carbons (Fsp3) is 0.391. The number of amides is 3. The minimum absolute atomic E-state index is 0.182. The lowest BCUT2D eigenvalue weighted by Crippen LogP contribution is -2.43. The summed E-state index contributed by atoms with van der Waals surface area (Å²) in [5, 5.41) is 3.56. The zero-order chi connectivity index (χ0) is 23.5. The molecule has 0 radical (unpaired) electrons. The highest BCUT2D eigenvalue weighted by Crippen LogP contribution is 2.27. The predicted molar refractivity (Wildman–Crippen MR) is 128 cm³/mol. The molecule has 0 bridgehead atoms. The third-order valence-corrected chi connectivity index (χ3v) is 6.70. The van der Waals surface area contributed by atoms with Gasteiger partial charge in [-0.15, -0.1) is 0 Å². The number of piperidine rings is 1. The SMILES string of the molecule is NC(=O)C1CCCN(c2ccc(NC(=O)C3CCCN3C(=O)c3cc(Cl)ccc3Cl)cn2)C1. The van der Waals surface area contributed by atoms with Gasteiger partial charge >= 0.3 is 0 Å². The first-order chi connectivity index (χ1) is 15.8. The summed E-state index contributed by atoms with van der Waals surface area (Å²) in [5.41, 5.74) is 6.27. The number of hydrogen-bond acceptors (Lipinski definition) is 5. The van der Waals surface area contributed by atoms with Gasteiger partial charge in [0.25, 0.3) is 5.91 Å². The van der Waals surface area contributed by atoms with E-state index in [1.54, 1.807) is 24.4 Å². The number of likely N-dealkylation sites (tertiary alicyclic amines) is 1. The number of carbonyl (C=O) groups is 3. The van der Waals surface area contributed by atoms with Crippen molar-refractivity contribution in [3.63, 3.8) is 0 Å². The molecule has 2 atom stereocenters. The van der Waals surface area contributed by atoms with Crippen molar-refractivity contribution >= 4 is 52.4 Å². The van der Waals surface area contributed by atoms with E-state index in [0.717, 1.165) is 31.6 Å². The molecule has 10 heteroatoms. The maximum absolute atomic E-state index is 13.0. The van der Waals surface area contributed by atoms with E-state index in [-0.39, 0.29) is 29.2 Å². The van der Waals surface area contributed by atoms with Crippen LogP contribution in [0.4, 0.5) is 11.5 Å². The number of halogens is 2. The number of pyridine rings is 1. The Morgan fingerprint density at radius 2 is 1.85 bits per heavy atom. The lowest BCUT2D eigenvalue weighted by atomic mass is 9.97. The van der Waals surface area contributed by atoms with Crippen molar-refractivity contribution in [1.82, 2.24) is 9.88 Å². The van der Waals surface area contributed by atoms with Crippen molar-refractivity contribution in [2.75, 3.05) is 29.9 Å². The fourth-order valence-corrected chi connectivity index (χ4v) is 4.76. The van der Waals surface area contributed by atoms with Crippen LogP contribution in [0.3, 0.4) is 0 Å². The van der Waals surface area contributed by atoms with Crippen molar-refractivity contribution < 1.29 is 14.4 Å². The third kappa shape index (κ3) is 5.23. The second-order valence-electron chi connectivity index (χ2n) is 8.36. The summed E-state index contributed by atoms with van der Waals surface area (Å²) >= 11 is 12.2. The molecular formula is C23H25Cl2N5O3. The molecule has 2 unspecified atom stereocenters. The van der Waals surface area contributed by atoms with Gasteiger partial charge < -0.3 is 20.9 Å². The molecule has 174 valence electrons. The van der Waals surface area contributed by atoms with Gasteiger partial charge in [-0.3, -0.25) is 14.4 Å². The molecule has 8 nitrogen and oxygen atoms in total. The van der Waals surface area contributed by atoms with Crippen LogP contribution in [0.25, 0.3) is 0 Å². The van der Waals surface area contributed by atoms with Gasteiger partial charge in [-0.05, 0) is 56.0 Å². The number of anilines is 2. The molecule has 1 aromatic carbocycles. The van der Waals surface area contributed by atoms with Crippen LogP contribution in [0.2, 0.25) is 10.0 Å². The second kappa shape index (κ2) is 9.97. The summed E-state index contributed by atoms with van der Waals surface area (Å²) in [6.45, 7) is 1.81. The maximum Gasteiger partial charge on any atom is 0.256 e. The smallest absolute Gasteiger partial charge is 0.256 e. The monoisotopic (exact) mass is 489 g/mol. The third-order valence-electron chi connectivity index (χ3n) is 6.14. The van der Waals surface area contributed by atoms with Gasteiger partial charge in [-0.2, -0.15) is 0 Å². The molecule has 3 amide bonds. The van der Waals surface area contributed by atoms with E-state index in [1.165, 1.54) is 11.0 Å². The molecule has 4 rings (SSSR count). The van der Waals surface area contributed by atoms with Crippen LogP contribution in [0, 0.1) is 5.92 Å². The molecule has 1 aromatic heterocycles. The number of rotatable bonds is 5. The average Bonchev–Trinajstić information content (AvgIpc) is 3.31. The quantitative estimate of drug-likeness (QED) is 0.669.